The van der Waals surface area contributed by atoms with Gasteiger partial charge in [-0.3, -0.25) is 0 Å². The number of rotatable bonds is 4. The van der Waals surface area contributed by atoms with Crippen LogP contribution >= 0.6 is 11.3 Å². The Morgan fingerprint density at radius 3 is 2.67 bits per heavy atom. The monoisotopic (exact) mass is 298 g/mol. The number of carboxylic acid groups (broad SMARTS) is 1. The van der Waals surface area contributed by atoms with E-state index in [1.54, 1.807) is 6.08 Å². The van der Waals surface area contributed by atoms with Gasteiger partial charge in [-0.2, -0.15) is 4.68 Å². The number of carbonyl (C=O) groups is 1. The molecule has 3 rings (SSSR count). The second kappa shape index (κ2) is 5.68. The quantitative estimate of drug-likeness (QED) is 0.748. The summed E-state index contributed by atoms with van der Waals surface area (Å²) in [4.78, 5) is 12.3. The summed E-state index contributed by atoms with van der Waals surface area (Å²) < 4.78 is 1.23. The summed E-state index contributed by atoms with van der Waals surface area (Å²) in [7, 11) is 0. The number of tetrazole rings is 1. The van der Waals surface area contributed by atoms with Crippen LogP contribution < -0.4 is 0 Å². The molecule has 1 N–H and O–H groups in total. The molecular weight excluding hydrogens is 288 g/mol. The molecule has 7 heteroatoms. The molecule has 0 radical (unpaired) electrons. The van der Waals surface area contributed by atoms with E-state index in [0.29, 0.717) is 5.82 Å². The Morgan fingerprint density at radius 1 is 1.19 bits per heavy atom. The van der Waals surface area contributed by atoms with Crippen molar-refractivity contribution in [2.24, 2.45) is 0 Å². The van der Waals surface area contributed by atoms with E-state index in [1.165, 1.54) is 16.0 Å². The molecule has 0 amide bonds. The molecule has 21 heavy (non-hydrogen) atoms. The summed E-state index contributed by atoms with van der Waals surface area (Å²) in [5.74, 6) is -0.700. The van der Waals surface area contributed by atoms with Crippen molar-refractivity contribution in [1.82, 2.24) is 20.2 Å². The van der Waals surface area contributed by atoms with Crippen LogP contribution in [0.15, 0.2) is 47.8 Å². The molecule has 0 aliphatic rings. The predicted octanol–water partition coefficient (Wildman–Crippen LogP) is 2.48. The maximum absolute atomic E-state index is 11.5. The summed E-state index contributed by atoms with van der Waals surface area (Å²) in [5, 5.41) is 22.6. The van der Waals surface area contributed by atoms with Crippen LogP contribution in [0.1, 0.15) is 4.88 Å². The lowest BCUT2D eigenvalue weighted by atomic mass is 10.2. The fourth-order valence-electron chi connectivity index (χ4n) is 1.84. The second-order valence-electron chi connectivity index (χ2n) is 4.13. The highest BCUT2D eigenvalue weighted by Gasteiger charge is 2.18. The lowest BCUT2D eigenvalue weighted by molar-refractivity contribution is -0.130. The van der Waals surface area contributed by atoms with E-state index in [0.717, 1.165) is 10.4 Å². The zero-order valence-corrected chi connectivity index (χ0v) is 11.6. The number of hydrogen-bond acceptors (Lipinski definition) is 5. The van der Waals surface area contributed by atoms with Gasteiger partial charge in [0.05, 0.1) is 0 Å². The topological polar surface area (TPSA) is 80.9 Å². The molecule has 0 aliphatic heterocycles. The molecule has 0 bridgehead atoms. The SMILES string of the molecule is O=C(O)C(=Cc1cccs1)n1nnnc1-c1ccccc1. The molecule has 2 aromatic heterocycles. The highest BCUT2D eigenvalue weighted by atomic mass is 32.1. The normalized spacial score (nSPS) is 11.5. The van der Waals surface area contributed by atoms with Crippen molar-refractivity contribution in [1.29, 1.82) is 0 Å². The van der Waals surface area contributed by atoms with Gasteiger partial charge in [0.15, 0.2) is 11.5 Å². The third-order valence-electron chi connectivity index (χ3n) is 2.77. The van der Waals surface area contributed by atoms with Gasteiger partial charge in [-0.05, 0) is 27.9 Å². The average molecular weight is 298 g/mol. The van der Waals surface area contributed by atoms with E-state index in [-0.39, 0.29) is 5.70 Å². The lowest BCUT2D eigenvalue weighted by Crippen LogP contribution is -2.10. The Labute approximate surface area is 124 Å². The van der Waals surface area contributed by atoms with Crippen molar-refractivity contribution in [3.8, 4) is 11.4 Å². The van der Waals surface area contributed by atoms with E-state index in [4.69, 9.17) is 0 Å². The standard InChI is InChI=1S/C14H10N4O2S/c19-14(20)12(9-11-7-4-8-21-11)18-13(15-16-17-18)10-5-2-1-3-6-10/h1-9H,(H,19,20). The van der Waals surface area contributed by atoms with Crippen LogP contribution in [0.25, 0.3) is 23.2 Å². The Bertz CT molecular complexity index is 778. The number of aromatic nitrogens is 4. The van der Waals surface area contributed by atoms with Crippen molar-refractivity contribution in [2.45, 2.75) is 0 Å². The van der Waals surface area contributed by atoms with Gasteiger partial charge in [0.25, 0.3) is 0 Å². The fourth-order valence-corrected chi connectivity index (χ4v) is 2.49. The van der Waals surface area contributed by atoms with Crippen molar-refractivity contribution in [2.75, 3.05) is 0 Å². The molecule has 6 nitrogen and oxygen atoms in total. The average Bonchev–Trinajstić information content (AvgIpc) is 3.17. The van der Waals surface area contributed by atoms with E-state index in [1.807, 2.05) is 47.8 Å². The van der Waals surface area contributed by atoms with Crippen molar-refractivity contribution >= 4 is 29.1 Å². The smallest absolute Gasteiger partial charge is 0.354 e. The number of thiophene rings is 1. The largest absolute Gasteiger partial charge is 0.477 e. The summed E-state index contributed by atoms with van der Waals surface area (Å²) in [6, 6.07) is 12.9. The number of nitrogens with zero attached hydrogens (tertiary/aromatic N) is 4. The molecule has 0 saturated heterocycles. The molecule has 104 valence electrons. The molecule has 0 saturated carbocycles. The molecule has 1 aromatic carbocycles. The maximum Gasteiger partial charge on any atom is 0.354 e. The first-order chi connectivity index (χ1) is 10.3. The Balaban J connectivity index is 2.11. The molecule has 0 unspecified atom stereocenters. The van der Waals surface area contributed by atoms with Gasteiger partial charge in [0.1, 0.15) is 0 Å². The summed E-state index contributed by atoms with van der Waals surface area (Å²) >= 11 is 1.45. The van der Waals surface area contributed by atoms with Crippen LogP contribution in [0.2, 0.25) is 0 Å². The van der Waals surface area contributed by atoms with Gasteiger partial charge in [-0.15, -0.1) is 16.4 Å². The first-order valence-corrected chi connectivity index (χ1v) is 6.96. The van der Waals surface area contributed by atoms with Crippen LogP contribution in [-0.4, -0.2) is 31.3 Å². The third-order valence-corrected chi connectivity index (χ3v) is 3.59. The van der Waals surface area contributed by atoms with Gasteiger partial charge >= 0.3 is 5.97 Å². The van der Waals surface area contributed by atoms with Crippen molar-refractivity contribution in [3.63, 3.8) is 0 Å². The van der Waals surface area contributed by atoms with Gasteiger partial charge in [0.2, 0.25) is 0 Å². The summed E-state index contributed by atoms with van der Waals surface area (Å²) in [6.45, 7) is 0. The molecular formula is C14H10N4O2S. The highest BCUT2D eigenvalue weighted by molar-refractivity contribution is 7.10. The predicted molar refractivity (Wildman–Crippen MR) is 79.4 cm³/mol. The number of hydrogen-bond donors (Lipinski definition) is 1. The Morgan fingerprint density at radius 2 is 2.00 bits per heavy atom. The Kier molecular flexibility index (Phi) is 3.57. The minimum absolute atomic E-state index is 0.00121. The van der Waals surface area contributed by atoms with E-state index < -0.39 is 5.97 Å². The van der Waals surface area contributed by atoms with E-state index in [9.17, 15) is 9.90 Å². The molecule has 0 aliphatic carbocycles. The Hall–Kier alpha value is -2.80. The van der Waals surface area contributed by atoms with Gasteiger partial charge < -0.3 is 5.11 Å². The minimum atomic E-state index is -1.09. The summed E-state index contributed by atoms with van der Waals surface area (Å²) in [6.07, 6.45) is 1.55. The van der Waals surface area contributed by atoms with Crippen molar-refractivity contribution in [3.05, 3.63) is 52.7 Å². The number of benzene rings is 1. The number of aliphatic carboxylic acids is 1. The first-order valence-electron chi connectivity index (χ1n) is 6.08. The molecule has 0 spiro atoms. The second-order valence-corrected chi connectivity index (χ2v) is 5.11. The first kappa shape index (κ1) is 13.2. The summed E-state index contributed by atoms with van der Waals surface area (Å²) in [5.41, 5.74) is 0.752. The van der Waals surface area contributed by atoms with Gasteiger partial charge in [-0.25, -0.2) is 4.79 Å². The van der Waals surface area contributed by atoms with Gasteiger partial charge in [-0.1, -0.05) is 36.4 Å². The zero-order chi connectivity index (χ0) is 14.7. The van der Waals surface area contributed by atoms with Crippen LogP contribution in [0.4, 0.5) is 0 Å². The molecule has 0 atom stereocenters. The van der Waals surface area contributed by atoms with Crippen LogP contribution in [0.3, 0.4) is 0 Å². The van der Waals surface area contributed by atoms with E-state index in [2.05, 4.69) is 15.5 Å². The van der Waals surface area contributed by atoms with E-state index >= 15 is 0 Å². The maximum atomic E-state index is 11.5. The zero-order valence-electron chi connectivity index (χ0n) is 10.7. The van der Waals surface area contributed by atoms with Crippen LogP contribution in [0.5, 0.6) is 0 Å². The van der Waals surface area contributed by atoms with Crippen molar-refractivity contribution < 1.29 is 9.90 Å². The highest BCUT2D eigenvalue weighted by Crippen LogP contribution is 2.21. The molecule has 3 aromatic rings. The minimum Gasteiger partial charge on any atom is -0.477 e. The molecule has 0 fully saturated rings. The van der Waals surface area contributed by atoms with Gasteiger partial charge in [0, 0.05) is 10.4 Å². The number of carboxylic acids is 1. The fraction of sp³-hybridized carbons (Fsp3) is 0. The third kappa shape index (κ3) is 2.72. The van der Waals surface area contributed by atoms with Crippen LogP contribution in [-0.2, 0) is 4.79 Å². The lowest BCUT2D eigenvalue weighted by Gasteiger charge is -2.05. The van der Waals surface area contributed by atoms with Crippen LogP contribution in [0, 0.1) is 0 Å². The molecule has 2 heterocycles.